The molecule has 0 unspecified atom stereocenters. The van der Waals surface area contributed by atoms with Gasteiger partial charge in [0.2, 0.25) is 0 Å². The summed E-state index contributed by atoms with van der Waals surface area (Å²) in [5.74, 6) is 2.93. The second-order valence-electron chi connectivity index (χ2n) is 7.31. The van der Waals surface area contributed by atoms with Crippen LogP contribution in [0.5, 0.6) is 0 Å². The van der Waals surface area contributed by atoms with E-state index in [0.717, 1.165) is 17.8 Å². The first-order chi connectivity index (χ1) is 8.67. The molecule has 0 heterocycles. The molecular weight excluding hydrogens is 216 g/mol. The third kappa shape index (κ3) is 3.39. The zero-order valence-corrected chi connectivity index (χ0v) is 12.6. The van der Waals surface area contributed by atoms with Gasteiger partial charge in [0, 0.05) is 0 Å². The van der Waals surface area contributed by atoms with Gasteiger partial charge in [0.1, 0.15) is 0 Å². The molecule has 2 aliphatic carbocycles. The van der Waals surface area contributed by atoms with E-state index in [-0.39, 0.29) is 0 Å². The first kappa shape index (κ1) is 14.2. The fourth-order valence-corrected chi connectivity index (χ4v) is 4.51. The summed E-state index contributed by atoms with van der Waals surface area (Å²) in [6, 6.07) is 0. The van der Waals surface area contributed by atoms with Gasteiger partial charge in [0.15, 0.2) is 0 Å². The molecule has 0 nitrogen and oxygen atoms in total. The summed E-state index contributed by atoms with van der Waals surface area (Å²) in [6.45, 7) is 8.83. The molecule has 0 radical (unpaired) electrons. The lowest BCUT2D eigenvalue weighted by molar-refractivity contribution is 0.102. The fourth-order valence-electron chi connectivity index (χ4n) is 4.51. The minimum Gasteiger partial charge on any atom is -0.103 e. The van der Waals surface area contributed by atoms with Crippen molar-refractivity contribution in [2.75, 3.05) is 0 Å². The lowest BCUT2D eigenvalue weighted by atomic mass is 9.64. The van der Waals surface area contributed by atoms with Crippen molar-refractivity contribution in [2.45, 2.75) is 78.1 Å². The van der Waals surface area contributed by atoms with Crippen molar-refractivity contribution in [1.82, 2.24) is 0 Å². The molecule has 0 amide bonds. The quantitative estimate of drug-likeness (QED) is 0.537. The predicted molar refractivity (Wildman–Crippen MR) is 80.6 cm³/mol. The van der Waals surface area contributed by atoms with Crippen LogP contribution in [-0.2, 0) is 0 Å². The highest BCUT2D eigenvalue weighted by Gasteiger charge is 2.34. The predicted octanol–water partition coefficient (Wildman–Crippen LogP) is 5.98. The molecule has 2 fully saturated rings. The van der Waals surface area contributed by atoms with Gasteiger partial charge >= 0.3 is 0 Å². The topological polar surface area (TPSA) is 0 Å². The van der Waals surface area contributed by atoms with Gasteiger partial charge in [0.25, 0.3) is 0 Å². The van der Waals surface area contributed by atoms with Gasteiger partial charge in [-0.25, -0.2) is 0 Å². The highest BCUT2D eigenvalue weighted by molar-refractivity contribution is 4.89. The minimum atomic E-state index is 0.684. The molecule has 0 saturated heterocycles. The van der Waals surface area contributed by atoms with Crippen LogP contribution in [0.4, 0.5) is 0 Å². The average Bonchev–Trinajstić information content (AvgIpc) is 2.40. The first-order valence-electron chi connectivity index (χ1n) is 8.29. The van der Waals surface area contributed by atoms with E-state index in [1.54, 1.807) is 0 Å². The summed E-state index contributed by atoms with van der Waals surface area (Å²) >= 11 is 0. The molecule has 0 spiro atoms. The average molecular weight is 248 g/mol. The Balaban J connectivity index is 1.78. The number of allylic oxidation sites excluding steroid dienone is 1. The molecule has 0 aromatic heterocycles. The van der Waals surface area contributed by atoms with E-state index in [0.29, 0.717) is 5.41 Å². The van der Waals surface area contributed by atoms with E-state index >= 15 is 0 Å². The van der Waals surface area contributed by atoms with Crippen molar-refractivity contribution >= 4 is 0 Å². The maximum Gasteiger partial charge on any atom is -0.0236 e. The SMILES string of the molecule is C=CC1CCC(C2CCC(C)(CCC)CC2)CC1. The maximum atomic E-state index is 3.96. The molecule has 0 aromatic rings. The van der Waals surface area contributed by atoms with Gasteiger partial charge in [-0.1, -0.05) is 26.3 Å². The maximum absolute atomic E-state index is 3.96. The Labute approximate surface area is 114 Å². The molecule has 2 rings (SSSR count). The zero-order valence-electron chi connectivity index (χ0n) is 12.6. The zero-order chi connectivity index (χ0) is 13.0. The molecule has 2 aliphatic rings. The Hall–Kier alpha value is -0.260. The Kier molecular flexibility index (Phi) is 4.92. The van der Waals surface area contributed by atoms with Crippen LogP contribution in [-0.4, -0.2) is 0 Å². The Bertz CT molecular complexity index is 249. The van der Waals surface area contributed by atoms with Crippen molar-refractivity contribution in [1.29, 1.82) is 0 Å². The van der Waals surface area contributed by atoms with Crippen LogP contribution in [0, 0.1) is 23.2 Å². The molecular formula is C18H32. The Morgan fingerprint density at radius 3 is 2.06 bits per heavy atom. The second-order valence-corrected chi connectivity index (χ2v) is 7.31. The second kappa shape index (κ2) is 6.26. The molecule has 104 valence electrons. The van der Waals surface area contributed by atoms with Crippen LogP contribution in [0.15, 0.2) is 12.7 Å². The van der Waals surface area contributed by atoms with Gasteiger partial charge in [-0.2, -0.15) is 0 Å². The van der Waals surface area contributed by atoms with Crippen molar-refractivity contribution in [3.63, 3.8) is 0 Å². The van der Waals surface area contributed by atoms with Gasteiger partial charge in [-0.05, 0) is 81.0 Å². The highest BCUT2D eigenvalue weighted by atomic mass is 14.4. The molecule has 0 bridgehead atoms. The number of hydrogen-bond donors (Lipinski definition) is 0. The highest BCUT2D eigenvalue weighted by Crippen LogP contribution is 2.47. The van der Waals surface area contributed by atoms with E-state index in [2.05, 4.69) is 26.5 Å². The fraction of sp³-hybridized carbons (Fsp3) is 0.889. The lowest BCUT2D eigenvalue weighted by Crippen LogP contribution is -2.29. The van der Waals surface area contributed by atoms with E-state index in [4.69, 9.17) is 0 Å². The van der Waals surface area contributed by atoms with Crippen LogP contribution in [0.25, 0.3) is 0 Å². The van der Waals surface area contributed by atoms with Crippen molar-refractivity contribution in [3.8, 4) is 0 Å². The van der Waals surface area contributed by atoms with E-state index in [1.165, 1.54) is 64.2 Å². The van der Waals surface area contributed by atoms with Crippen molar-refractivity contribution < 1.29 is 0 Å². The van der Waals surface area contributed by atoms with Crippen LogP contribution in [0.1, 0.15) is 78.1 Å². The minimum absolute atomic E-state index is 0.684. The summed E-state index contributed by atoms with van der Waals surface area (Å²) < 4.78 is 0. The van der Waals surface area contributed by atoms with Gasteiger partial charge in [-0.15, -0.1) is 6.58 Å². The summed E-state index contributed by atoms with van der Waals surface area (Å²) in [6.07, 6.45) is 16.8. The molecule has 2 saturated carbocycles. The number of rotatable bonds is 4. The van der Waals surface area contributed by atoms with E-state index in [1.807, 2.05) is 0 Å². The Morgan fingerprint density at radius 2 is 1.56 bits per heavy atom. The Morgan fingerprint density at radius 1 is 1.00 bits per heavy atom. The summed E-state index contributed by atoms with van der Waals surface area (Å²) in [5.41, 5.74) is 0.684. The normalized spacial score (nSPS) is 41.6. The summed E-state index contributed by atoms with van der Waals surface area (Å²) in [5, 5.41) is 0. The lowest BCUT2D eigenvalue weighted by Gasteiger charge is -2.42. The van der Waals surface area contributed by atoms with Crippen LogP contribution in [0.2, 0.25) is 0 Å². The largest absolute Gasteiger partial charge is 0.103 e. The van der Waals surface area contributed by atoms with Gasteiger partial charge < -0.3 is 0 Å². The van der Waals surface area contributed by atoms with Gasteiger partial charge in [0.05, 0.1) is 0 Å². The van der Waals surface area contributed by atoms with Crippen LogP contribution >= 0.6 is 0 Å². The third-order valence-electron chi connectivity index (χ3n) is 5.91. The smallest absolute Gasteiger partial charge is 0.0236 e. The van der Waals surface area contributed by atoms with E-state index < -0.39 is 0 Å². The number of hydrogen-bond acceptors (Lipinski definition) is 0. The molecule has 0 aliphatic heterocycles. The molecule has 0 heteroatoms. The first-order valence-corrected chi connectivity index (χ1v) is 8.29. The molecule has 0 aromatic carbocycles. The van der Waals surface area contributed by atoms with E-state index in [9.17, 15) is 0 Å². The summed E-state index contributed by atoms with van der Waals surface area (Å²) in [4.78, 5) is 0. The molecule has 0 atom stereocenters. The van der Waals surface area contributed by atoms with Crippen molar-refractivity contribution in [3.05, 3.63) is 12.7 Å². The van der Waals surface area contributed by atoms with Crippen LogP contribution in [0.3, 0.4) is 0 Å². The molecule has 0 N–H and O–H groups in total. The summed E-state index contributed by atoms with van der Waals surface area (Å²) in [7, 11) is 0. The standard InChI is InChI=1S/C18H32/c1-4-12-18(3)13-10-17(11-14-18)16-8-6-15(5-2)7-9-16/h5,15-17H,2,4,6-14H2,1,3H3. The molecule has 18 heavy (non-hydrogen) atoms. The third-order valence-corrected chi connectivity index (χ3v) is 5.91. The van der Waals surface area contributed by atoms with Crippen LogP contribution < -0.4 is 0 Å². The van der Waals surface area contributed by atoms with Crippen molar-refractivity contribution in [2.24, 2.45) is 23.2 Å². The monoisotopic (exact) mass is 248 g/mol. The van der Waals surface area contributed by atoms with Gasteiger partial charge in [-0.3, -0.25) is 0 Å².